The van der Waals surface area contributed by atoms with Gasteiger partial charge in [0.25, 0.3) is 0 Å². The molecule has 0 heterocycles. The third kappa shape index (κ3) is 3.95. The molecule has 1 nitrogen and oxygen atoms in total. The highest BCUT2D eigenvalue weighted by Gasteiger charge is 2.11. The molecule has 0 amide bonds. The molecule has 0 saturated carbocycles. The van der Waals surface area contributed by atoms with Crippen molar-refractivity contribution in [3.8, 4) is 0 Å². The summed E-state index contributed by atoms with van der Waals surface area (Å²) in [5, 5.41) is 4.46. The number of rotatable bonds is 4. The van der Waals surface area contributed by atoms with Gasteiger partial charge in [-0.15, -0.1) is 0 Å². The van der Waals surface area contributed by atoms with Crippen LogP contribution in [0.25, 0.3) is 0 Å². The number of hydrogen-bond acceptors (Lipinski definition) is 1. The SMILES string of the molecule is CC(NCc1ccc(Br)cc1F)c1ccc(Cl)cc1Cl. The number of halogens is 4. The summed E-state index contributed by atoms with van der Waals surface area (Å²) in [6, 6.07) is 10.4. The lowest BCUT2D eigenvalue weighted by Crippen LogP contribution is -2.19. The molecular formula is C15H13BrCl2FN. The molecule has 1 N–H and O–H groups in total. The smallest absolute Gasteiger partial charge is 0.128 e. The Bertz CT molecular complexity index is 619. The molecule has 106 valence electrons. The Kier molecular flexibility index (Phi) is 5.44. The maximum atomic E-state index is 13.7. The van der Waals surface area contributed by atoms with Crippen LogP contribution in [-0.4, -0.2) is 0 Å². The first-order valence-electron chi connectivity index (χ1n) is 6.09. The summed E-state index contributed by atoms with van der Waals surface area (Å²) < 4.78 is 14.5. The van der Waals surface area contributed by atoms with Gasteiger partial charge in [-0.2, -0.15) is 0 Å². The third-order valence-corrected chi connectivity index (χ3v) is 4.10. The van der Waals surface area contributed by atoms with Gasteiger partial charge in [0.15, 0.2) is 0 Å². The Morgan fingerprint density at radius 3 is 2.60 bits per heavy atom. The molecule has 0 saturated heterocycles. The van der Waals surface area contributed by atoms with Crippen molar-refractivity contribution in [1.82, 2.24) is 5.32 Å². The van der Waals surface area contributed by atoms with Crippen molar-refractivity contribution in [3.63, 3.8) is 0 Å². The molecule has 2 aromatic carbocycles. The summed E-state index contributed by atoms with van der Waals surface area (Å²) in [6.07, 6.45) is 0. The van der Waals surface area contributed by atoms with Crippen molar-refractivity contribution in [2.45, 2.75) is 19.5 Å². The number of benzene rings is 2. The highest BCUT2D eigenvalue weighted by atomic mass is 79.9. The van der Waals surface area contributed by atoms with E-state index in [4.69, 9.17) is 23.2 Å². The van der Waals surface area contributed by atoms with Crippen LogP contribution < -0.4 is 5.32 Å². The van der Waals surface area contributed by atoms with Gasteiger partial charge in [-0.3, -0.25) is 0 Å². The molecule has 2 rings (SSSR count). The first-order chi connectivity index (χ1) is 9.47. The van der Waals surface area contributed by atoms with Crippen LogP contribution in [0.2, 0.25) is 10.0 Å². The molecule has 5 heteroatoms. The minimum Gasteiger partial charge on any atom is -0.306 e. The number of hydrogen-bond donors (Lipinski definition) is 1. The van der Waals surface area contributed by atoms with Crippen LogP contribution in [0, 0.1) is 5.82 Å². The highest BCUT2D eigenvalue weighted by Crippen LogP contribution is 2.26. The molecule has 0 bridgehead atoms. The molecule has 0 fully saturated rings. The first kappa shape index (κ1) is 15.8. The molecule has 0 aliphatic rings. The minimum absolute atomic E-state index is 0.00261. The lowest BCUT2D eigenvalue weighted by atomic mass is 10.1. The molecule has 1 unspecified atom stereocenters. The fourth-order valence-corrected chi connectivity index (χ4v) is 2.80. The predicted molar refractivity (Wildman–Crippen MR) is 85.8 cm³/mol. The summed E-state index contributed by atoms with van der Waals surface area (Å²) in [7, 11) is 0. The lowest BCUT2D eigenvalue weighted by molar-refractivity contribution is 0.544. The summed E-state index contributed by atoms with van der Waals surface area (Å²) in [4.78, 5) is 0. The van der Waals surface area contributed by atoms with Crippen molar-refractivity contribution in [2.24, 2.45) is 0 Å². The van der Waals surface area contributed by atoms with Crippen LogP contribution >= 0.6 is 39.1 Å². The van der Waals surface area contributed by atoms with E-state index in [1.807, 2.05) is 19.1 Å². The van der Waals surface area contributed by atoms with Gasteiger partial charge in [-0.1, -0.05) is 51.3 Å². The maximum Gasteiger partial charge on any atom is 0.128 e. The van der Waals surface area contributed by atoms with Crippen molar-refractivity contribution in [3.05, 3.63) is 67.9 Å². The van der Waals surface area contributed by atoms with Crippen LogP contribution in [0.1, 0.15) is 24.1 Å². The van der Waals surface area contributed by atoms with E-state index in [-0.39, 0.29) is 11.9 Å². The van der Waals surface area contributed by atoms with Gasteiger partial charge < -0.3 is 5.32 Å². The van der Waals surface area contributed by atoms with E-state index in [2.05, 4.69) is 21.2 Å². The van der Waals surface area contributed by atoms with Crippen molar-refractivity contribution in [2.75, 3.05) is 0 Å². The second kappa shape index (κ2) is 6.90. The monoisotopic (exact) mass is 375 g/mol. The van der Waals surface area contributed by atoms with Gasteiger partial charge in [-0.05, 0) is 36.8 Å². The molecule has 20 heavy (non-hydrogen) atoms. The molecule has 2 aromatic rings. The second-order valence-electron chi connectivity index (χ2n) is 4.50. The topological polar surface area (TPSA) is 12.0 Å². The summed E-state index contributed by atoms with van der Waals surface area (Å²) in [6.45, 7) is 2.41. The largest absolute Gasteiger partial charge is 0.306 e. The number of nitrogens with one attached hydrogen (secondary N) is 1. The molecule has 0 spiro atoms. The summed E-state index contributed by atoms with van der Waals surface area (Å²) in [5.74, 6) is -0.235. The van der Waals surface area contributed by atoms with Crippen molar-refractivity contribution < 1.29 is 4.39 Å². The van der Waals surface area contributed by atoms with Gasteiger partial charge in [0, 0.05) is 32.7 Å². The normalized spacial score (nSPS) is 12.4. The Morgan fingerprint density at radius 1 is 1.20 bits per heavy atom. The fraction of sp³-hybridized carbons (Fsp3) is 0.200. The standard InChI is InChI=1S/C15H13BrCl2FN/c1-9(13-5-4-12(17)7-14(13)18)20-8-10-2-3-11(16)6-15(10)19/h2-7,9,20H,8H2,1H3. The Balaban J connectivity index is 2.06. The van der Waals surface area contributed by atoms with Crippen LogP contribution in [0.4, 0.5) is 4.39 Å². The molecule has 1 atom stereocenters. The average molecular weight is 377 g/mol. The third-order valence-electron chi connectivity index (χ3n) is 3.04. The van der Waals surface area contributed by atoms with E-state index in [0.717, 1.165) is 10.0 Å². The zero-order chi connectivity index (χ0) is 14.7. The van der Waals surface area contributed by atoms with Crippen molar-refractivity contribution in [1.29, 1.82) is 0 Å². The lowest BCUT2D eigenvalue weighted by Gasteiger charge is -2.16. The van der Waals surface area contributed by atoms with Crippen LogP contribution in [0.5, 0.6) is 0 Å². The Hall–Kier alpha value is -0.610. The fourth-order valence-electron chi connectivity index (χ4n) is 1.89. The van der Waals surface area contributed by atoms with Crippen LogP contribution in [0.3, 0.4) is 0 Å². The summed E-state index contributed by atoms with van der Waals surface area (Å²) >= 11 is 15.3. The Labute approximate surface area is 136 Å². The first-order valence-corrected chi connectivity index (χ1v) is 7.64. The van der Waals surface area contributed by atoms with Gasteiger partial charge in [0.1, 0.15) is 5.82 Å². The average Bonchev–Trinajstić information content (AvgIpc) is 2.37. The molecule has 0 aliphatic carbocycles. The zero-order valence-corrected chi connectivity index (χ0v) is 13.9. The van der Waals surface area contributed by atoms with Crippen molar-refractivity contribution >= 4 is 39.1 Å². The maximum absolute atomic E-state index is 13.7. The van der Waals surface area contributed by atoms with Gasteiger partial charge >= 0.3 is 0 Å². The van der Waals surface area contributed by atoms with E-state index in [0.29, 0.717) is 22.2 Å². The zero-order valence-electron chi connectivity index (χ0n) is 10.8. The van der Waals surface area contributed by atoms with E-state index >= 15 is 0 Å². The highest BCUT2D eigenvalue weighted by molar-refractivity contribution is 9.10. The minimum atomic E-state index is -0.235. The van der Waals surface area contributed by atoms with E-state index < -0.39 is 0 Å². The van der Waals surface area contributed by atoms with E-state index in [9.17, 15) is 4.39 Å². The summed E-state index contributed by atoms with van der Waals surface area (Å²) in [5.41, 5.74) is 1.55. The van der Waals surface area contributed by atoms with Gasteiger partial charge in [0.05, 0.1) is 0 Å². The predicted octanol–water partition coefficient (Wildman–Crippen LogP) is 5.75. The van der Waals surface area contributed by atoms with Gasteiger partial charge in [-0.25, -0.2) is 4.39 Å². The van der Waals surface area contributed by atoms with Crippen LogP contribution in [0.15, 0.2) is 40.9 Å². The van der Waals surface area contributed by atoms with E-state index in [1.165, 1.54) is 6.07 Å². The molecule has 0 radical (unpaired) electrons. The molecule has 0 aliphatic heterocycles. The quantitative estimate of drug-likeness (QED) is 0.716. The second-order valence-corrected chi connectivity index (χ2v) is 6.26. The van der Waals surface area contributed by atoms with Crippen LogP contribution in [-0.2, 0) is 6.54 Å². The molecule has 0 aromatic heterocycles. The van der Waals surface area contributed by atoms with Gasteiger partial charge in [0.2, 0.25) is 0 Å². The molecular weight excluding hydrogens is 364 g/mol. The van der Waals surface area contributed by atoms with E-state index in [1.54, 1.807) is 18.2 Å². The Morgan fingerprint density at radius 2 is 1.95 bits per heavy atom.